The summed E-state index contributed by atoms with van der Waals surface area (Å²) < 4.78 is 0. The number of fused-ring (bicyclic) bond motifs is 1. The van der Waals surface area contributed by atoms with E-state index in [0.29, 0.717) is 0 Å². The van der Waals surface area contributed by atoms with Gasteiger partial charge in [0.2, 0.25) is 0 Å². The summed E-state index contributed by atoms with van der Waals surface area (Å²) in [5.41, 5.74) is 1.37. The number of anilines is 1. The molecule has 0 fully saturated rings. The van der Waals surface area contributed by atoms with E-state index in [1.54, 1.807) is 12.1 Å². The zero-order chi connectivity index (χ0) is 11.2. The molecule has 82 valence electrons. The molecule has 1 aromatic rings. The van der Waals surface area contributed by atoms with Gasteiger partial charge in [-0.3, -0.25) is 0 Å². The van der Waals surface area contributed by atoms with Crippen LogP contribution in [0.2, 0.25) is 0 Å². The van der Waals surface area contributed by atoms with Crippen LogP contribution in [-0.4, -0.2) is 29.4 Å². The highest BCUT2D eigenvalue weighted by molar-refractivity contribution is 5.62. The summed E-state index contributed by atoms with van der Waals surface area (Å²) >= 11 is 0. The van der Waals surface area contributed by atoms with Crippen LogP contribution < -0.4 is 4.90 Å². The summed E-state index contributed by atoms with van der Waals surface area (Å²) in [4.78, 5) is 2.11. The minimum Gasteiger partial charge on any atom is -0.508 e. The summed E-state index contributed by atoms with van der Waals surface area (Å²) in [6.45, 7) is 4.41. The number of aliphatic hydroxyl groups is 1. The molecule has 0 aliphatic carbocycles. The number of hydrogen-bond acceptors (Lipinski definition) is 3. The fourth-order valence-electron chi connectivity index (χ4n) is 2.24. The van der Waals surface area contributed by atoms with Gasteiger partial charge in [0.1, 0.15) is 5.75 Å². The first-order valence-corrected chi connectivity index (χ1v) is 5.16. The molecule has 1 unspecified atom stereocenters. The second kappa shape index (κ2) is 3.14. The lowest BCUT2D eigenvalue weighted by Crippen LogP contribution is -2.32. The number of phenols is 1. The van der Waals surface area contributed by atoms with Crippen molar-refractivity contribution in [1.82, 2.24) is 0 Å². The molecule has 1 aliphatic heterocycles. The van der Waals surface area contributed by atoms with E-state index < -0.39 is 5.60 Å². The first-order chi connectivity index (χ1) is 6.89. The minimum absolute atomic E-state index is 0.0598. The molecule has 3 nitrogen and oxygen atoms in total. The average Bonchev–Trinajstić information content (AvgIpc) is 2.42. The van der Waals surface area contributed by atoms with Gasteiger partial charge in [0.25, 0.3) is 0 Å². The van der Waals surface area contributed by atoms with Crippen molar-refractivity contribution < 1.29 is 10.2 Å². The highest BCUT2D eigenvalue weighted by Gasteiger charge is 2.36. The van der Waals surface area contributed by atoms with E-state index in [2.05, 4.69) is 4.90 Å². The molecular weight excluding hydrogens is 190 g/mol. The molecule has 0 amide bonds. The zero-order valence-corrected chi connectivity index (χ0v) is 9.36. The first-order valence-electron chi connectivity index (χ1n) is 5.16. The summed E-state index contributed by atoms with van der Waals surface area (Å²) in [5.74, 6) is 0.322. The third-order valence-electron chi connectivity index (χ3n) is 3.11. The van der Waals surface area contributed by atoms with Crippen molar-refractivity contribution >= 4 is 5.69 Å². The molecule has 0 radical (unpaired) electrons. The van der Waals surface area contributed by atoms with Gasteiger partial charge in [0.15, 0.2) is 0 Å². The summed E-state index contributed by atoms with van der Waals surface area (Å²) in [6.07, 6.45) is 0. The van der Waals surface area contributed by atoms with Crippen molar-refractivity contribution in [3.05, 3.63) is 23.8 Å². The Morgan fingerprint density at radius 1 is 1.40 bits per heavy atom. The van der Waals surface area contributed by atoms with Crippen molar-refractivity contribution in [1.29, 1.82) is 0 Å². The standard InChI is InChI=1S/C12H17NO2/c1-12(2,15)10-7-13(3)11-5-4-8(14)6-9(10)11/h4-6,10,14-15H,7H2,1-3H3. The van der Waals surface area contributed by atoms with Crippen LogP contribution >= 0.6 is 0 Å². The Kier molecular flexibility index (Phi) is 2.15. The van der Waals surface area contributed by atoms with E-state index in [1.165, 1.54) is 0 Å². The fraction of sp³-hybridized carbons (Fsp3) is 0.500. The van der Waals surface area contributed by atoms with E-state index in [4.69, 9.17) is 0 Å². The highest BCUT2D eigenvalue weighted by Crippen LogP contribution is 2.42. The lowest BCUT2D eigenvalue weighted by atomic mass is 9.86. The Balaban J connectivity index is 2.49. The quantitative estimate of drug-likeness (QED) is 0.736. The third kappa shape index (κ3) is 1.67. The number of nitrogens with zero attached hydrogens (tertiary/aromatic N) is 1. The van der Waals surface area contributed by atoms with Crippen LogP contribution in [0.4, 0.5) is 5.69 Å². The van der Waals surface area contributed by atoms with Gasteiger partial charge in [-0.2, -0.15) is 0 Å². The highest BCUT2D eigenvalue weighted by atomic mass is 16.3. The van der Waals surface area contributed by atoms with Crippen molar-refractivity contribution in [2.24, 2.45) is 0 Å². The van der Waals surface area contributed by atoms with Crippen LogP contribution in [0.1, 0.15) is 25.3 Å². The van der Waals surface area contributed by atoms with Crippen LogP contribution in [0.5, 0.6) is 5.75 Å². The van der Waals surface area contributed by atoms with E-state index in [1.807, 2.05) is 27.0 Å². The van der Waals surface area contributed by atoms with Gasteiger partial charge in [-0.1, -0.05) is 0 Å². The van der Waals surface area contributed by atoms with Gasteiger partial charge in [-0.15, -0.1) is 0 Å². The largest absolute Gasteiger partial charge is 0.508 e. The SMILES string of the molecule is CN1CC(C(C)(C)O)c2cc(O)ccc21. The fourth-order valence-corrected chi connectivity index (χ4v) is 2.24. The number of hydrogen-bond donors (Lipinski definition) is 2. The van der Waals surface area contributed by atoms with Crippen LogP contribution in [0.3, 0.4) is 0 Å². The molecule has 1 aliphatic rings. The topological polar surface area (TPSA) is 43.7 Å². The van der Waals surface area contributed by atoms with Gasteiger partial charge in [-0.25, -0.2) is 0 Å². The summed E-state index contributed by atoms with van der Waals surface area (Å²) in [7, 11) is 2.00. The third-order valence-corrected chi connectivity index (χ3v) is 3.11. The monoisotopic (exact) mass is 207 g/mol. The van der Waals surface area contributed by atoms with Gasteiger partial charge >= 0.3 is 0 Å². The molecule has 0 bridgehead atoms. The van der Waals surface area contributed by atoms with Crippen molar-refractivity contribution in [2.75, 3.05) is 18.5 Å². The number of likely N-dealkylation sites (N-methyl/N-ethyl adjacent to an activating group) is 1. The second-order valence-corrected chi connectivity index (χ2v) is 4.83. The molecule has 0 saturated carbocycles. The van der Waals surface area contributed by atoms with E-state index in [9.17, 15) is 10.2 Å². The van der Waals surface area contributed by atoms with Crippen molar-refractivity contribution in [3.63, 3.8) is 0 Å². The summed E-state index contributed by atoms with van der Waals surface area (Å²) in [5, 5.41) is 19.5. The number of benzene rings is 1. The maximum Gasteiger partial charge on any atom is 0.116 e. The van der Waals surface area contributed by atoms with Gasteiger partial charge in [-0.05, 0) is 37.6 Å². The molecule has 3 heteroatoms. The Labute approximate surface area is 90.0 Å². The molecule has 1 aromatic carbocycles. The Morgan fingerprint density at radius 2 is 2.07 bits per heavy atom. The molecule has 2 N–H and O–H groups in total. The van der Waals surface area contributed by atoms with E-state index in [0.717, 1.165) is 17.8 Å². The molecule has 0 spiro atoms. The number of rotatable bonds is 1. The van der Waals surface area contributed by atoms with Crippen LogP contribution in [0.15, 0.2) is 18.2 Å². The normalized spacial score (nSPS) is 20.5. The van der Waals surface area contributed by atoms with Crippen molar-refractivity contribution in [2.45, 2.75) is 25.4 Å². The Hall–Kier alpha value is -1.22. The predicted molar refractivity (Wildman–Crippen MR) is 60.4 cm³/mol. The van der Waals surface area contributed by atoms with E-state index >= 15 is 0 Å². The smallest absolute Gasteiger partial charge is 0.116 e. The predicted octanol–water partition coefficient (Wildman–Crippen LogP) is 1.70. The van der Waals surface area contributed by atoms with Gasteiger partial charge in [0.05, 0.1) is 5.60 Å². The molecule has 1 heterocycles. The lowest BCUT2D eigenvalue weighted by molar-refractivity contribution is 0.0550. The van der Waals surface area contributed by atoms with Crippen LogP contribution in [-0.2, 0) is 0 Å². The first kappa shape index (κ1) is 10.3. The Morgan fingerprint density at radius 3 is 2.67 bits per heavy atom. The molecule has 15 heavy (non-hydrogen) atoms. The zero-order valence-electron chi connectivity index (χ0n) is 9.36. The minimum atomic E-state index is -0.757. The molecule has 2 rings (SSSR count). The molecular formula is C12H17NO2. The van der Waals surface area contributed by atoms with Gasteiger partial charge < -0.3 is 15.1 Å². The van der Waals surface area contributed by atoms with Crippen LogP contribution in [0.25, 0.3) is 0 Å². The molecule has 0 saturated heterocycles. The second-order valence-electron chi connectivity index (χ2n) is 4.83. The van der Waals surface area contributed by atoms with Crippen molar-refractivity contribution in [3.8, 4) is 5.75 Å². The lowest BCUT2D eigenvalue weighted by Gasteiger charge is -2.26. The van der Waals surface area contributed by atoms with E-state index in [-0.39, 0.29) is 11.7 Å². The van der Waals surface area contributed by atoms with Crippen LogP contribution in [0, 0.1) is 0 Å². The van der Waals surface area contributed by atoms with Gasteiger partial charge in [0, 0.05) is 25.2 Å². The maximum atomic E-state index is 10.1. The molecule has 1 atom stereocenters. The Bertz CT molecular complexity index is 382. The number of phenolic OH excluding ortho intramolecular Hbond substituents is 1. The number of aromatic hydroxyl groups is 1. The average molecular weight is 207 g/mol. The maximum absolute atomic E-state index is 10.1. The molecule has 0 aromatic heterocycles. The summed E-state index contributed by atoms with van der Waals surface area (Å²) in [6, 6.07) is 5.33.